The number of rotatable bonds is 4. The predicted molar refractivity (Wildman–Crippen MR) is 77.7 cm³/mol. The lowest BCUT2D eigenvalue weighted by Gasteiger charge is -2.15. The van der Waals surface area contributed by atoms with Crippen LogP contribution in [0.15, 0.2) is 46.9 Å². The van der Waals surface area contributed by atoms with E-state index in [1.165, 1.54) is 6.07 Å². The molecule has 1 unspecified atom stereocenters. The maximum Gasteiger partial charge on any atom is 0.126 e. The van der Waals surface area contributed by atoms with E-state index >= 15 is 0 Å². The van der Waals surface area contributed by atoms with Crippen molar-refractivity contribution in [1.29, 1.82) is 0 Å². The molecule has 0 amide bonds. The quantitative estimate of drug-likeness (QED) is 0.927. The number of methoxy groups -OCH3 is 1. The Kier molecular flexibility index (Phi) is 4.56. The summed E-state index contributed by atoms with van der Waals surface area (Å²) < 4.78 is 19.6. The van der Waals surface area contributed by atoms with E-state index in [0.29, 0.717) is 12.0 Å². The van der Waals surface area contributed by atoms with Crippen LogP contribution in [0.1, 0.15) is 17.2 Å². The monoisotopic (exact) mass is 323 g/mol. The molecule has 2 aromatic rings. The highest BCUT2D eigenvalue weighted by Crippen LogP contribution is 2.28. The molecule has 0 saturated heterocycles. The van der Waals surface area contributed by atoms with Crippen molar-refractivity contribution in [3.05, 3.63) is 63.9 Å². The van der Waals surface area contributed by atoms with E-state index in [1.54, 1.807) is 19.2 Å². The van der Waals surface area contributed by atoms with Crippen molar-refractivity contribution in [2.24, 2.45) is 5.73 Å². The second-order valence-corrected chi connectivity index (χ2v) is 5.14. The highest BCUT2D eigenvalue weighted by molar-refractivity contribution is 9.10. The number of hydrogen-bond acceptors (Lipinski definition) is 2. The Hall–Kier alpha value is -1.39. The Morgan fingerprint density at radius 3 is 2.63 bits per heavy atom. The van der Waals surface area contributed by atoms with Gasteiger partial charge in [-0.15, -0.1) is 0 Å². The minimum Gasteiger partial charge on any atom is -0.497 e. The Bertz CT molecular complexity index is 574. The lowest BCUT2D eigenvalue weighted by molar-refractivity contribution is 0.414. The Labute approximate surface area is 120 Å². The molecule has 0 heterocycles. The summed E-state index contributed by atoms with van der Waals surface area (Å²) in [6, 6.07) is 12.0. The first kappa shape index (κ1) is 14.0. The molecular weight excluding hydrogens is 309 g/mol. The molecule has 0 spiro atoms. The lowest BCUT2D eigenvalue weighted by Crippen LogP contribution is -2.14. The number of benzene rings is 2. The SMILES string of the molecule is COc1ccc(C(N)Cc2ccccc2F)c(Br)c1. The maximum atomic E-state index is 13.6. The fraction of sp³-hybridized carbons (Fsp3) is 0.200. The molecule has 0 fully saturated rings. The topological polar surface area (TPSA) is 35.2 Å². The third-order valence-electron chi connectivity index (χ3n) is 3.00. The Morgan fingerprint density at radius 1 is 1.26 bits per heavy atom. The summed E-state index contributed by atoms with van der Waals surface area (Å²) in [7, 11) is 1.61. The fourth-order valence-corrected chi connectivity index (χ4v) is 2.60. The smallest absolute Gasteiger partial charge is 0.126 e. The summed E-state index contributed by atoms with van der Waals surface area (Å²) in [4.78, 5) is 0. The van der Waals surface area contributed by atoms with Crippen molar-refractivity contribution in [3.63, 3.8) is 0 Å². The van der Waals surface area contributed by atoms with E-state index in [2.05, 4.69) is 15.9 Å². The van der Waals surface area contributed by atoms with Gasteiger partial charge in [0, 0.05) is 10.5 Å². The van der Waals surface area contributed by atoms with Crippen LogP contribution in [0, 0.1) is 5.82 Å². The average Bonchev–Trinajstić information content (AvgIpc) is 2.41. The lowest BCUT2D eigenvalue weighted by atomic mass is 9.99. The molecule has 2 rings (SSSR count). The first-order valence-electron chi connectivity index (χ1n) is 5.94. The van der Waals surface area contributed by atoms with Gasteiger partial charge in [-0.3, -0.25) is 0 Å². The zero-order valence-electron chi connectivity index (χ0n) is 10.6. The van der Waals surface area contributed by atoms with Crippen LogP contribution in [0.2, 0.25) is 0 Å². The fourth-order valence-electron chi connectivity index (χ4n) is 1.95. The van der Waals surface area contributed by atoms with Crippen molar-refractivity contribution in [1.82, 2.24) is 0 Å². The van der Waals surface area contributed by atoms with E-state index in [-0.39, 0.29) is 11.9 Å². The molecule has 100 valence electrons. The summed E-state index contributed by atoms with van der Waals surface area (Å²) in [6.07, 6.45) is 0.456. The molecule has 0 aromatic heterocycles. The number of nitrogens with two attached hydrogens (primary N) is 1. The van der Waals surface area contributed by atoms with E-state index < -0.39 is 0 Å². The summed E-state index contributed by atoms with van der Waals surface area (Å²) in [5.74, 6) is 0.538. The number of hydrogen-bond donors (Lipinski definition) is 1. The second kappa shape index (κ2) is 6.17. The van der Waals surface area contributed by atoms with E-state index in [9.17, 15) is 4.39 Å². The third kappa shape index (κ3) is 3.33. The van der Waals surface area contributed by atoms with Gasteiger partial charge in [-0.25, -0.2) is 4.39 Å². The highest BCUT2D eigenvalue weighted by atomic mass is 79.9. The molecule has 2 N–H and O–H groups in total. The molecular formula is C15H15BrFNO. The normalized spacial score (nSPS) is 12.2. The molecule has 0 aliphatic rings. The van der Waals surface area contributed by atoms with Crippen molar-refractivity contribution in [3.8, 4) is 5.75 Å². The molecule has 19 heavy (non-hydrogen) atoms. The molecule has 2 aromatic carbocycles. The highest BCUT2D eigenvalue weighted by Gasteiger charge is 2.13. The van der Waals surface area contributed by atoms with E-state index in [4.69, 9.17) is 10.5 Å². The van der Waals surface area contributed by atoms with Gasteiger partial charge in [-0.2, -0.15) is 0 Å². The van der Waals surface area contributed by atoms with Crippen molar-refractivity contribution >= 4 is 15.9 Å². The molecule has 0 aliphatic heterocycles. The van der Waals surface area contributed by atoms with Crippen LogP contribution in [0.4, 0.5) is 4.39 Å². The van der Waals surface area contributed by atoms with Crippen molar-refractivity contribution in [2.45, 2.75) is 12.5 Å². The van der Waals surface area contributed by atoms with Crippen LogP contribution in [-0.4, -0.2) is 7.11 Å². The molecule has 0 saturated carbocycles. The first-order chi connectivity index (χ1) is 9.11. The van der Waals surface area contributed by atoms with Crippen LogP contribution >= 0.6 is 15.9 Å². The van der Waals surface area contributed by atoms with Gasteiger partial charge in [0.2, 0.25) is 0 Å². The maximum absolute atomic E-state index is 13.6. The zero-order chi connectivity index (χ0) is 13.8. The van der Waals surface area contributed by atoms with Crippen LogP contribution in [0.3, 0.4) is 0 Å². The van der Waals surface area contributed by atoms with Gasteiger partial charge in [-0.1, -0.05) is 40.2 Å². The van der Waals surface area contributed by atoms with Gasteiger partial charge >= 0.3 is 0 Å². The number of halogens is 2. The van der Waals surface area contributed by atoms with Crippen LogP contribution in [-0.2, 0) is 6.42 Å². The van der Waals surface area contributed by atoms with Crippen molar-refractivity contribution < 1.29 is 9.13 Å². The van der Waals surface area contributed by atoms with E-state index in [1.807, 2.05) is 24.3 Å². The molecule has 0 bridgehead atoms. The largest absolute Gasteiger partial charge is 0.497 e. The minimum absolute atomic E-state index is 0.220. The molecule has 0 aliphatic carbocycles. The summed E-state index contributed by atoms with van der Waals surface area (Å²) in [5.41, 5.74) is 7.71. The van der Waals surface area contributed by atoms with Gasteiger partial charge in [0.25, 0.3) is 0 Å². The van der Waals surface area contributed by atoms with Crippen molar-refractivity contribution in [2.75, 3.05) is 7.11 Å². The van der Waals surface area contributed by atoms with Gasteiger partial charge in [-0.05, 0) is 35.7 Å². The summed E-state index contributed by atoms with van der Waals surface area (Å²) in [6.45, 7) is 0. The van der Waals surface area contributed by atoms with Crippen LogP contribution in [0.25, 0.3) is 0 Å². The van der Waals surface area contributed by atoms with Crippen LogP contribution < -0.4 is 10.5 Å². The zero-order valence-corrected chi connectivity index (χ0v) is 12.2. The molecule has 2 nitrogen and oxygen atoms in total. The predicted octanol–water partition coefficient (Wildman–Crippen LogP) is 3.84. The summed E-state index contributed by atoms with van der Waals surface area (Å²) in [5, 5.41) is 0. The third-order valence-corrected chi connectivity index (χ3v) is 3.69. The Balaban J connectivity index is 2.21. The molecule has 0 radical (unpaired) electrons. The molecule has 4 heteroatoms. The second-order valence-electron chi connectivity index (χ2n) is 4.29. The van der Waals surface area contributed by atoms with E-state index in [0.717, 1.165) is 15.8 Å². The summed E-state index contributed by atoms with van der Waals surface area (Å²) >= 11 is 3.47. The average molecular weight is 324 g/mol. The van der Waals surface area contributed by atoms with Gasteiger partial charge < -0.3 is 10.5 Å². The van der Waals surface area contributed by atoms with Gasteiger partial charge in [0.15, 0.2) is 0 Å². The van der Waals surface area contributed by atoms with Crippen LogP contribution in [0.5, 0.6) is 5.75 Å². The number of ether oxygens (including phenoxy) is 1. The van der Waals surface area contributed by atoms with Gasteiger partial charge in [0.1, 0.15) is 11.6 Å². The van der Waals surface area contributed by atoms with Gasteiger partial charge in [0.05, 0.1) is 7.11 Å². The first-order valence-corrected chi connectivity index (χ1v) is 6.73. The standard InChI is InChI=1S/C15H15BrFNO/c1-19-11-6-7-12(13(16)9-11)15(18)8-10-4-2-3-5-14(10)17/h2-7,9,15H,8,18H2,1H3. The Morgan fingerprint density at radius 2 is 2.00 bits per heavy atom. The minimum atomic E-state index is -0.266. The molecule has 1 atom stereocenters.